The van der Waals surface area contributed by atoms with Crippen LogP contribution in [0.2, 0.25) is 0 Å². The van der Waals surface area contributed by atoms with Gasteiger partial charge in [-0.25, -0.2) is 8.42 Å². The van der Waals surface area contributed by atoms with Crippen LogP contribution in [0.1, 0.15) is 25.7 Å². The van der Waals surface area contributed by atoms with Gasteiger partial charge in [-0.15, -0.1) is 0 Å². The van der Waals surface area contributed by atoms with E-state index in [1.165, 1.54) is 0 Å². The van der Waals surface area contributed by atoms with Crippen LogP contribution in [-0.2, 0) is 10.1 Å². The topological polar surface area (TPSA) is 88.7 Å². The average Bonchev–Trinajstić information content (AvgIpc) is 2.76. The molecule has 2 aliphatic carbocycles. The number of fused-ring (bicyclic) bond motifs is 2. The van der Waals surface area contributed by atoms with Crippen LogP contribution in [0.15, 0.2) is 0 Å². The van der Waals surface area contributed by atoms with Gasteiger partial charge in [-0.05, 0) is 31.1 Å². The molecule has 0 spiro atoms. The molecule has 0 aromatic carbocycles. The Morgan fingerprint density at radius 3 is 1.89 bits per heavy atom. The van der Waals surface area contributed by atoms with Crippen LogP contribution in [0.4, 0.5) is 17.6 Å². The molecule has 0 heterocycles. The second-order valence-electron chi connectivity index (χ2n) is 4.88. The molecule has 10 heteroatoms. The zero-order chi connectivity index (χ0) is 13.1. The summed E-state index contributed by atoms with van der Waals surface area (Å²) in [6.45, 7) is 0. The van der Waals surface area contributed by atoms with Crippen molar-refractivity contribution in [2.45, 2.75) is 36.9 Å². The molecule has 0 aromatic rings. The van der Waals surface area contributed by atoms with Gasteiger partial charge in [-0.2, -0.15) is 17.6 Å². The molecule has 2 aliphatic rings. The number of alkyl halides is 4. The van der Waals surface area contributed by atoms with Crippen molar-refractivity contribution in [3.63, 3.8) is 0 Å². The minimum Gasteiger partial charge on any atom is -0.743 e. The quantitative estimate of drug-likeness (QED) is 0.356. The van der Waals surface area contributed by atoms with E-state index in [1.807, 2.05) is 0 Å². The molecule has 108 valence electrons. The van der Waals surface area contributed by atoms with E-state index >= 15 is 0 Å². The molecule has 0 amide bonds. The molecule has 2 saturated carbocycles. The van der Waals surface area contributed by atoms with E-state index in [-0.39, 0.29) is 47.4 Å². The van der Waals surface area contributed by atoms with Gasteiger partial charge in [-0.3, -0.25) is 0 Å². The largest absolute Gasteiger partial charge is 1.00 e. The van der Waals surface area contributed by atoms with Crippen molar-refractivity contribution in [3.8, 4) is 0 Å². The molecule has 3 unspecified atom stereocenters. The fourth-order valence-electron chi connectivity index (χ4n) is 3.07. The predicted molar refractivity (Wildman–Crippen MR) is 52.1 cm³/mol. The fourth-order valence-corrected chi connectivity index (χ4v) is 3.56. The molecule has 0 aromatic heterocycles. The third kappa shape index (κ3) is 2.96. The van der Waals surface area contributed by atoms with Crippen LogP contribution >= 0.6 is 0 Å². The van der Waals surface area contributed by atoms with Crippen LogP contribution in [0.3, 0.4) is 0 Å². The molecule has 19 heavy (non-hydrogen) atoms. The van der Waals surface area contributed by atoms with Crippen molar-refractivity contribution in [1.82, 2.24) is 0 Å². The van der Waals surface area contributed by atoms with Crippen LogP contribution in [0.25, 0.3) is 0 Å². The molecule has 0 saturated heterocycles. The summed E-state index contributed by atoms with van der Waals surface area (Å²) >= 11 is 0. The second-order valence-corrected chi connectivity index (χ2v) is 6.30. The molecular weight excluding hydrogens is 303 g/mol. The fraction of sp³-hybridized carbons (Fsp3) is 1.00. The maximum Gasteiger partial charge on any atom is 1.00 e. The molecule has 3 atom stereocenters. The summed E-state index contributed by atoms with van der Waals surface area (Å²) in [6, 6.07) is 0. The maximum absolute atomic E-state index is 13.5. The third-order valence-electron chi connectivity index (χ3n) is 3.91. The molecule has 0 radical (unpaired) electrons. The molecular formula is C9H13F4NaO4S. The van der Waals surface area contributed by atoms with Crippen molar-refractivity contribution in [2.24, 2.45) is 17.8 Å². The van der Waals surface area contributed by atoms with Crippen molar-refractivity contribution in [3.05, 3.63) is 0 Å². The average molecular weight is 316 g/mol. The number of hydrogen-bond acceptors (Lipinski definition) is 3. The minimum absolute atomic E-state index is 0. The summed E-state index contributed by atoms with van der Waals surface area (Å²) in [5.41, 5.74) is 0. The van der Waals surface area contributed by atoms with E-state index < -0.39 is 33.1 Å². The third-order valence-corrected chi connectivity index (χ3v) is 4.81. The van der Waals surface area contributed by atoms with E-state index in [2.05, 4.69) is 0 Å². The molecule has 2 fully saturated rings. The Labute approximate surface area is 130 Å². The van der Waals surface area contributed by atoms with Crippen LogP contribution < -0.4 is 29.6 Å². The standard InChI is InChI=1S/C9H12F4O3S.Na.H2O/c10-8(11,9(12,13)17(14,15)16)7-4-5-1-2-6(7)3-5;;/h5-7H,1-4H2,(H,14,15,16);;1H2/q;+1;/p-1. The molecule has 0 aliphatic heterocycles. The zero-order valence-electron chi connectivity index (χ0n) is 10.2. The van der Waals surface area contributed by atoms with Crippen LogP contribution in [-0.4, -0.2) is 29.6 Å². The molecule has 2 rings (SSSR count). The van der Waals surface area contributed by atoms with Crippen molar-refractivity contribution < 1.29 is 65.6 Å². The Bertz CT molecular complexity index is 428. The van der Waals surface area contributed by atoms with E-state index in [1.54, 1.807) is 0 Å². The molecule has 4 nitrogen and oxygen atoms in total. The first kappa shape index (κ1) is 19.6. The Balaban J connectivity index is 0.00000162. The number of rotatable bonds is 3. The number of halogens is 4. The second kappa shape index (κ2) is 5.76. The van der Waals surface area contributed by atoms with Gasteiger partial charge in [0.05, 0.1) is 0 Å². The van der Waals surface area contributed by atoms with Gasteiger partial charge in [0.1, 0.15) is 0 Å². The number of hydrogen-bond donors (Lipinski definition) is 0. The first-order valence-corrected chi connectivity index (χ1v) is 6.69. The summed E-state index contributed by atoms with van der Waals surface area (Å²) in [4.78, 5) is 0. The Morgan fingerprint density at radius 1 is 1.05 bits per heavy atom. The minimum atomic E-state index is -6.35. The van der Waals surface area contributed by atoms with Crippen LogP contribution in [0.5, 0.6) is 0 Å². The Morgan fingerprint density at radius 2 is 1.58 bits per heavy atom. The summed E-state index contributed by atoms with van der Waals surface area (Å²) in [7, 11) is -6.35. The van der Waals surface area contributed by atoms with Gasteiger partial charge in [0.15, 0.2) is 10.1 Å². The molecule has 2 bridgehead atoms. The van der Waals surface area contributed by atoms with Gasteiger partial charge >= 0.3 is 40.7 Å². The van der Waals surface area contributed by atoms with E-state index in [9.17, 15) is 30.5 Å². The summed E-state index contributed by atoms with van der Waals surface area (Å²) < 4.78 is 84.0. The summed E-state index contributed by atoms with van der Waals surface area (Å²) in [5.74, 6) is -7.10. The first-order chi connectivity index (χ1) is 7.57. The van der Waals surface area contributed by atoms with Gasteiger partial charge in [0.2, 0.25) is 0 Å². The van der Waals surface area contributed by atoms with Gasteiger partial charge in [0, 0.05) is 5.92 Å². The van der Waals surface area contributed by atoms with E-state index in [4.69, 9.17) is 0 Å². The Hall–Kier alpha value is 0.590. The summed E-state index contributed by atoms with van der Waals surface area (Å²) in [5, 5.41) is -5.52. The van der Waals surface area contributed by atoms with Crippen LogP contribution in [0, 0.1) is 17.8 Å². The maximum atomic E-state index is 13.5. The van der Waals surface area contributed by atoms with E-state index in [0.717, 1.165) is 0 Å². The van der Waals surface area contributed by atoms with Crippen molar-refractivity contribution in [2.75, 3.05) is 0 Å². The predicted octanol–water partition coefficient (Wildman–Crippen LogP) is -1.62. The van der Waals surface area contributed by atoms with Gasteiger partial charge in [-0.1, -0.05) is 6.42 Å². The van der Waals surface area contributed by atoms with Gasteiger partial charge in [0.25, 0.3) is 0 Å². The zero-order valence-corrected chi connectivity index (χ0v) is 13.0. The van der Waals surface area contributed by atoms with E-state index in [0.29, 0.717) is 19.3 Å². The SMILES string of the molecule is O.O=S(=O)([O-])C(F)(F)C(F)(F)C1CC2CCC1C2.[Na+]. The molecule has 2 N–H and O–H groups in total. The Kier molecular flexibility index (Phi) is 5.94. The monoisotopic (exact) mass is 316 g/mol. The van der Waals surface area contributed by atoms with Gasteiger partial charge < -0.3 is 10.0 Å². The van der Waals surface area contributed by atoms with Crippen molar-refractivity contribution in [1.29, 1.82) is 0 Å². The smallest absolute Gasteiger partial charge is 0.743 e. The van der Waals surface area contributed by atoms with Crippen molar-refractivity contribution >= 4 is 10.1 Å². The first-order valence-electron chi connectivity index (χ1n) is 5.28. The summed E-state index contributed by atoms with van der Waals surface area (Å²) in [6.07, 6.45) is 1.42. The normalized spacial score (nSPS) is 30.7.